The monoisotopic (exact) mass is 273 g/mol. The van der Waals surface area contributed by atoms with Crippen LogP contribution in [0.25, 0.3) is 0 Å². The molecule has 20 heavy (non-hydrogen) atoms. The molecule has 0 spiro atoms. The van der Waals surface area contributed by atoms with Gasteiger partial charge in [-0.2, -0.15) is 0 Å². The van der Waals surface area contributed by atoms with Crippen LogP contribution in [0, 0.1) is 0 Å². The number of hydrogen-bond donors (Lipinski definition) is 2. The Balaban J connectivity index is 1.54. The number of hydrogen-bond acceptors (Lipinski definition) is 3. The van der Waals surface area contributed by atoms with Gasteiger partial charge in [0.25, 0.3) is 5.91 Å². The second-order valence-corrected chi connectivity index (χ2v) is 5.56. The smallest absolute Gasteiger partial charge is 0.251 e. The fraction of sp³-hybridized carbons (Fsp3) is 0.467. The summed E-state index contributed by atoms with van der Waals surface area (Å²) in [4.78, 5) is 25.6. The van der Waals surface area contributed by atoms with Crippen LogP contribution in [0.4, 0.5) is 5.69 Å². The van der Waals surface area contributed by atoms with E-state index in [2.05, 4.69) is 22.6 Å². The Morgan fingerprint density at radius 1 is 1.45 bits per heavy atom. The molecular formula is C15H19N3O2. The maximum Gasteiger partial charge on any atom is 0.251 e. The van der Waals surface area contributed by atoms with Gasteiger partial charge in [-0.05, 0) is 37.6 Å². The van der Waals surface area contributed by atoms with Crippen molar-refractivity contribution >= 4 is 17.5 Å². The summed E-state index contributed by atoms with van der Waals surface area (Å²) in [6, 6.07) is 6.08. The van der Waals surface area contributed by atoms with Gasteiger partial charge in [0, 0.05) is 30.4 Å². The van der Waals surface area contributed by atoms with Gasteiger partial charge in [0.15, 0.2) is 0 Å². The first-order valence-electron chi connectivity index (χ1n) is 7.05. The summed E-state index contributed by atoms with van der Waals surface area (Å²) in [5, 5.41) is 5.68. The van der Waals surface area contributed by atoms with Crippen LogP contribution in [0.3, 0.4) is 0 Å². The van der Waals surface area contributed by atoms with Crippen molar-refractivity contribution in [2.45, 2.75) is 25.3 Å². The molecule has 1 saturated carbocycles. The van der Waals surface area contributed by atoms with Crippen molar-refractivity contribution in [3.05, 3.63) is 29.3 Å². The third-order valence-corrected chi connectivity index (χ3v) is 3.92. The lowest BCUT2D eigenvalue weighted by atomic mass is 10.1. The fourth-order valence-corrected chi connectivity index (χ4v) is 2.50. The number of nitrogens with zero attached hydrogens (tertiary/aromatic N) is 1. The number of amides is 2. The van der Waals surface area contributed by atoms with Gasteiger partial charge in [0.1, 0.15) is 0 Å². The van der Waals surface area contributed by atoms with E-state index in [1.165, 1.54) is 12.8 Å². The number of fused-ring (bicyclic) bond motifs is 1. The summed E-state index contributed by atoms with van der Waals surface area (Å²) in [5.74, 6) is -0.0956. The number of carbonyl (C=O) groups is 2. The van der Waals surface area contributed by atoms with Crippen LogP contribution in [0.1, 0.15) is 28.8 Å². The van der Waals surface area contributed by atoms with E-state index in [-0.39, 0.29) is 11.8 Å². The van der Waals surface area contributed by atoms with Crippen molar-refractivity contribution < 1.29 is 9.59 Å². The van der Waals surface area contributed by atoms with Crippen LogP contribution in [-0.2, 0) is 11.2 Å². The molecule has 2 N–H and O–H groups in total. The molecule has 0 bridgehead atoms. The first kappa shape index (κ1) is 13.1. The minimum absolute atomic E-state index is 0.0105. The van der Waals surface area contributed by atoms with Gasteiger partial charge in [0.05, 0.1) is 6.42 Å². The Labute approximate surface area is 118 Å². The highest BCUT2D eigenvalue weighted by Gasteiger charge is 2.25. The number of likely N-dealkylation sites (N-methyl/N-ethyl adjacent to an activating group) is 1. The maximum atomic E-state index is 12.1. The zero-order chi connectivity index (χ0) is 14.1. The minimum Gasteiger partial charge on any atom is -0.351 e. The predicted octanol–water partition coefficient (Wildman–Crippen LogP) is 1.01. The molecule has 5 heteroatoms. The molecule has 0 atom stereocenters. The van der Waals surface area contributed by atoms with Gasteiger partial charge in [-0.3, -0.25) is 9.59 Å². The Morgan fingerprint density at radius 2 is 2.25 bits per heavy atom. The fourth-order valence-electron chi connectivity index (χ4n) is 2.50. The molecule has 1 aliphatic carbocycles. The molecule has 0 aromatic heterocycles. The lowest BCUT2D eigenvalue weighted by molar-refractivity contribution is -0.115. The molecule has 2 aliphatic rings. The molecule has 0 radical (unpaired) electrons. The SMILES string of the molecule is CN(CCNC(=O)c1ccc2c(c1)NC(=O)C2)C1CC1. The number of benzene rings is 1. The lowest BCUT2D eigenvalue weighted by Crippen LogP contribution is -2.33. The Morgan fingerprint density at radius 3 is 3.00 bits per heavy atom. The normalized spacial score (nSPS) is 17.0. The summed E-state index contributed by atoms with van der Waals surface area (Å²) < 4.78 is 0. The molecule has 1 aliphatic heterocycles. The second kappa shape index (κ2) is 5.25. The quantitative estimate of drug-likeness (QED) is 0.841. The highest BCUT2D eigenvalue weighted by atomic mass is 16.2. The van der Waals surface area contributed by atoms with E-state index >= 15 is 0 Å². The van der Waals surface area contributed by atoms with Crippen LogP contribution in [0.15, 0.2) is 18.2 Å². The highest BCUT2D eigenvalue weighted by Crippen LogP contribution is 2.25. The average Bonchev–Trinajstić information content (AvgIpc) is 3.19. The topological polar surface area (TPSA) is 61.4 Å². The molecule has 3 rings (SSSR count). The second-order valence-electron chi connectivity index (χ2n) is 5.56. The third kappa shape index (κ3) is 2.82. The van der Waals surface area contributed by atoms with Gasteiger partial charge in [0.2, 0.25) is 5.91 Å². The van der Waals surface area contributed by atoms with Gasteiger partial charge >= 0.3 is 0 Å². The summed E-state index contributed by atoms with van der Waals surface area (Å²) in [7, 11) is 2.09. The van der Waals surface area contributed by atoms with Crippen molar-refractivity contribution in [3.63, 3.8) is 0 Å². The molecule has 0 unspecified atom stereocenters. The number of nitrogens with one attached hydrogen (secondary N) is 2. The lowest BCUT2D eigenvalue weighted by Gasteiger charge is -2.15. The van der Waals surface area contributed by atoms with Gasteiger partial charge in [-0.25, -0.2) is 0 Å². The molecule has 1 aromatic carbocycles. The van der Waals surface area contributed by atoms with Crippen molar-refractivity contribution in [1.29, 1.82) is 0 Å². The Hall–Kier alpha value is -1.88. The van der Waals surface area contributed by atoms with Gasteiger partial charge in [-0.15, -0.1) is 0 Å². The Bertz CT molecular complexity index is 552. The molecular weight excluding hydrogens is 254 g/mol. The zero-order valence-electron chi connectivity index (χ0n) is 11.6. The number of rotatable bonds is 5. The number of anilines is 1. The van der Waals surface area contributed by atoms with Gasteiger partial charge in [-0.1, -0.05) is 6.07 Å². The first-order chi connectivity index (χ1) is 9.63. The largest absolute Gasteiger partial charge is 0.351 e. The van der Waals surface area contributed by atoms with E-state index in [0.717, 1.165) is 17.8 Å². The van der Waals surface area contributed by atoms with Crippen LogP contribution in [-0.4, -0.2) is 42.9 Å². The highest BCUT2D eigenvalue weighted by molar-refractivity contribution is 6.02. The first-order valence-corrected chi connectivity index (χ1v) is 7.05. The molecule has 2 amide bonds. The molecule has 0 saturated heterocycles. The molecule has 1 fully saturated rings. The van der Waals surface area contributed by atoms with Crippen LogP contribution >= 0.6 is 0 Å². The van der Waals surface area contributed by atoms with Crippen LogP contribution in [0.5, 0.6) is 0 Å². The predicted molar refractivity (Wildman–Crippen MR) is 76.8 cm³/mol. The summed E-state index contributed by atoms with van der Waals surface area (Å²) >= 11 is 0. The molecule has 5 nitrogen and oxygen atoms in total. The van der Waals surface area contributed by atoms with Crippen molar-refractivity contribution in [3.8, 4) is 0 Å². The summed E-state index contributed by atoms with van der Waals surface area (Å²) in [6.45, 7) is 1.52. The number of carbonyl (C=O) groups excluding carboxylic acids is 2. The van der Waals surface area contributed by atoms with E-state index in [1.54, 1.807) is 12.1 Å². The van der Waals surface area contributed by atoms with Crippen molar-refractivity contribution in [2.75, 3.05) is 25.5 Å². The average molecular weight is 273 g/mol. The standard InChI is InChI=1S/C15H19N3O2/c1-18(12-4-5-12)7-6-16-15(20)11-3-2-10-9-14(19)17-13(10)8-11/h2-3,8,12H,4-7,9H2,1H3,(H,16,20)(H,17,19). The molecule has 106 valence electrons. The zero-order valence-corrected chi connectivity index (χ0v) is 11.6. The van der Waals surface area contributed by atoms with E-state index in [9.17, 15) is 9.59 Å². The molecule has 1 heterocycles. The maximum absolute atomic E-state index is 12.1. The third-order valence-electron chi connectivity index (χ3n) is 3.92. The molecule has 1 aromatic rings. The van der Waals surface area contributed by atoms with E-state index in [0.29, 0.717) is 24.6 Å². The summed E-state index contributed by atoms with van der Waals surface area (Å²) in [6.07, 6.45) is 2.95. The van der Waals surface area contributed by atoms with E-state index in [1.807, 2.05) is 6.07 Å². The van der Waals surface area contributed by atoms with Crippen LogP contribution in [0.2, 0.25) is 0 Å². The van der Waals surface area contributed by atoms with E-state index < -0.39 is 0 Å². The van der Waals surface area contributed by atoms with Crippen LogP contribution < -0.4 is 10.6 Å². The van der Waals surface area contributed by atoms with Crippen molar-refractivity contribution in [2.24, 2.45) is 0 Å². The van der Waals surface area contributed by atoms with Gasteiger partial charge < -0.3 is 15.5 Å². The summed E-state index contributed by atoms with van der Waals surface area (Å²) in [5.41, 5.74) is 2.32. The minimum atomic E-state index is -0.0851. The Kier molecular flexibility index (Phi) is 3.44. The van der Waals surface area contributed by atoms with E-state index in [4.69, 9.17) is 0 Å². The van der Waals surface area contributed by atoms with Crippen molar-refractivity contribution in [1.82, 2.24) is 10.2 Å².